The third kappa shape index (κ3) is 3.96. The molecular formula is C14H15ClN2O2. The number of nitrogens with one attached hydrogen (secondary N) is 1. The third-order valence-electron chi connectivity index (χ3n) is 2.36. The second-order valence-corrected chi connectivity index (χ2v) is 3.62. The summed E-state index contributed by atoms with van der Waals surface area (Å²) in [6.07, 6.45) is 3.16. The van der Waals surface area contributed by atoms with Gasteiger partial charge in [-0.05, 0) is 31.2 Å². The molecule has 0 fully saturated rings. The Morgan fingerprint density at radius 2 is 2.05 bits per heavy atom. The van der Waals surface area contributed by atoms with Gasteiger partial charge in [-0.2, -0.15) is 0 Å². The van der Waals surface area contributed by atoms with Crippen molar-refractivity contribution in [3.8, 4) is 5.75 Å². The number of ether oxygens (including phenoxy) is 1. The van der Waals surface area contributed by atoms with E-state index >= 15 is 0 Å². The van der Waals surface area contributed by atoms with Crippen LogP contribution in [0.15, 0.2) is 48.8 Å². The van der Waals surface area contributed by atoms with Gasteiger partial charge in [-0.3, -0.25) is 9.78 Å². The lowest BCUT2D eigenvalue weighted by Gasteiger charge is -2.10. The lowest BCUT2D eigenvalue weighted by molar-refractivity contribution is 0.102. The van der Waals surface area contributed by atoms with E-state index in [0.29, 0.717) is 23.6 Å². The van der Waals surface area contributed by atoms with E-state index in [-0.39, 0.29) is 18.3 Å². The highest BCUT2D eigenvalue weighted by Gasteiger charge is 2.08. The minimum atomic E-state index is -0.199. The molecule has 5 heteroatoms. The summed E-state index contributed by atoms with van der Waals surface area (Å²) >= 11 is 0. The highest BCUT2D eigenvalue weighted by molar-refractivity contribution is 6.04. The standard InChI is InChI=1S/C14H14N2O2.ClH/c1-2-18-13-8-4-3-7-12(13)16-14(17)11-6-5-9-15-10-11;/h3-10H,2H2,1H3,(H,16,17);1H. The molecule has 1 amide bonds. The van der Waals surface area contributed by atoms with Crippen LogP contribution in [0.2, 0.25) is 0 Å². The van der Waals surface area contributed by atoms with Crippen molar-refractivity contribution in [1.29, 1.82) is 0 Å². The number of para-hydroxylation sites is 2. The summed E-state index contributed by atoms with van der Waals surface area (Å²) in [6.45, 7) is 2.46. The Morgan fingerprint density at radius 3 is 2.74 bits per heavy atom. The van der Waals surface area contributed by atoms with Gasteiger partial charge in [0.05, 0.1) is 17.9 Å². The van der Waals surface area contributed by atoms with Gasteiger partial charge in [0.15, 0.2) is 0 Å². The van der Waals surface area contributed by atoms with E-state index in [4.69, 9.17) is 4.74 Å². The first-order chi connectivity index (χ1) is 8.81. The van der Waals surface area contributed by atoms with E-state index in [1.54, 1.807) is 24.4 Å². The SMILES string of the molecule is CCOc1ccccc1NC(=O)c1cccnc1.Cl. The van der Waals surface area contributed by atoms with Gasteiger partial charge >= 0.3 is 0 Å². The zero-order chi connectivity index (χ0) is 12.8. The summed E-state index contributed by atoms with van der Waals surface area (Å²) in [6, 6.07) is 10.8. The van der Waals surface area contributed by atoms with Crippen LogP contribution in [0.3, 0.4) is 0 Å². The molecule has 100 valence electrons. The fourth-order valence-electron chi connectivity index (χ4n) is 1.54. The van der Waals surface area contributed by atoms with Crippen molar-refractivity contribution < 1.29 is 9.53 Å². The number of anilines is 1. The Bertz CT molecular complexity index is 532. The van der Waals surface area contributed by atoms with E-state index in [1.807, 2.05) is 25.1 Å². The number of hydrogen-bond donors (Lipinski definition) is 1. The maximum atomic E-state index is 12.0. The Labute approximate surface area is 118 Å². The number of halogens is 1. The average molecular weight is 279 g/mol. The van der Waals surface area contributed by atoms with Crippen molar-refractivity contribution in [3.05, 3.63) is 54.4 Å². The van der Waals surface area contributed by atoms with E-state index < -0.39 is 0 Å². The van der Waals surface area contributed by atoms with Crippen molar-refractivity contribution in [3.63, 3.8) is 0 Å². The molecule has 0 aliphatic heterocycles. The summed E-state index contributed by atoms with van der Waals surface area (Å²) in [5.74, 6) is 0.465. The summed E-state index contributed by atoms with van der Waals surface area (Å²) in [7, 11) is 0. The molecule has 1 heterocycles. The fourth-order valence-corrected chi connectivity index (χ4v) is 1.54. The van der Waals surface area contributed by atoms with Gasteiger partial charge in [-0.25, -0.2) is 0 Å². The highest BCUT2D eigenvalue weighted by atomic mass is 35.5. The zero-order valence-corrected chi connectivity index (χ0v) is 11.3. The minimum Gasteiger partial charge on any atom is -0.492 e. The molecule has 0 radical (unpaired) electrons. The van der Waals surface area contributed by atoms with Crippen LogP contribution in [-0.4, -0.2) is 17.5 Å². The van der Waals surface area contributed by atoms with Crippen LogP contribution in [0.4, 0.5) is 5.69 Å². The molecule has 19 heavy (non-hydrogen) atoms. The van der Waals surface area contributed by atoms with Gasteiger partial charge in [0.25, 0.3) is 5.91 Å². The molecule has 0 spiro atoms. The topological polar surface area (TPSA) is 51.2 Å². The first kappa shape index (κ1) is 15.0. The molecule has 0 atom stereocenters. The smallest absolute Gasteiger partial charge is 0.257 e. The number of hydrogen-bond acceptors (Lipinski definition) is 3. The molecular weight excluding hydrogens is 264 g/mol. The second kappa shape index (κ2) is 7.38. The maximum absolute atomic E-state index is 12.0. The van der Waals surface area contributed by atoms with E-state index in [9.17, 15) is 4.79 Å². The molecule has 2 aromatic rings. The van der Waals surface area contributed by atoms with Gasteiger partial charge in [-0.1, -0.05) is 12.1 Å². The fraction of sp³-hybridized carbons (Fsp3) is 0.143. The molecule has 0 unspecified atom stereocenters. The first-order valence-corrected chi connectivity index (χ1v) is 5.74. The van der Waals surface area contributed by atoms with Gasteiger partial charge in [0, 0.05) is 12.4 Å². The van der Waals surface area contributed by atoms with Crippen molar-refractivity contribution in [2.24, 2.45) is 0 Å². The minimum absolute atomic E-state index is 0. The van der Waals surface area contributed by atoms with Gasteiger partial charge in [-0.15, -0.1) is 12.4 Å². The van der Waals surface area contributed by atoms with Crippen LogP contribution < -0.4 is 10.1 Å². The summed E-state index contributed by atoms with van der Waals surface area (Å²) in [4.78, 5) is 15.9. The van der Waals surface area contributed by atoms with Crippen molar-refractivity contribution in [1.82, 2.24) is 4.98 Å². The molecule has 0 saturated heterocycles. The monoisotopic (exact) mass is 278 g/mol. The Hall–Kier alpha value is -2.07. The first-order valence-electron chi connectivity index (χ1n) is 5.74. The summed E-state index contributed by atoms with van der Waals surface area (Å²) in [5.41, 5.74) is 1.18. The Balaban J connectivity index is 0.00000180. The predicted molar refractivity (Wildman–Crippen MR) is 77.0 cm³/mol. The van der Waals surface area contributed by atoms with Crippen LogP contribution in [0, 0.1) is 0 Å². The number of carbonyl (C=O) groups is 1. The summed E-state index contributed by atoms with van der Waals surface area (Å²) < 4.78 is 5.44. The van der Waals surface area contributed by atoms with E-state index in [1.165, 1.54) is 6.20 Å². The van der Waals surface area contributed by atoms with Crippen molar-refractivity contribution in [2.75, 3.05) is 11.9 Å². The lowest BCUT2D eigenvalue weighted by Crippen LogP contribution is -2.13. The third-order valence-corrected chi connectivity index (χ3v) is 2.36. The largest absolute Gasteiger partial charge is 0.492 e. The van der Waals surface area contributed by atoms with Gasteiger partial charge in [0.2, 0.25) is 0 Å². The predicted octanol–water partition coefficient (Wildman–Crippen LogP) is 3.15. The number of carbonyl (C=O) groups excluding carboxylic acids is 1. The van der Waals surface area contributed by atoms with E-state index in [0.717, 1.165) is 0 Å². The maximum Gasteiger partial charge on any atom is 0.257 e. The molecule has 1 aromatic carbocycles. The highest BCUT2D eigenvalue weighted by Crippen LogP contribution is 2.24. The molecule has 0 aliphatic carbocycles. The Kier molecular flexibility index (Phi) is 5.82. The molecule has 2 rings (SSSR count). The van der Waals surface area contributed by atoms with Crippen LogP contribution >= 0.6 is 12.4 Å². The number of benzene rings is 1. The number of pyridine rings is 1. The van der Waals surface area contributed by atoms with Crippen LogP contribution in [0.25, 0.3) is 0 Å². The number of amides is 1. The molecule has 4 nitrogen and oxygen atoms in total. The molecule has 0 aliphatic rings. The normalized spacial score (nSPS) is 9.32. The van der Waals surface area contributed by atoms with E-state index in [2.05, 4.69) is 10.3 Å². The molecule has 0 saturated carbocycles. The van der Waals surface area contributed by atoms with Crippen LogP contribution in [0.5, 0.6) is 5.75 Å². The van der Waals surface area contributed by atoms with Crippen LogP contribution in [0.1, 0.15) is 17.3 Å². The zero-order valence-electron chi connectivity index (χ0n) is 10.5. The number of aromatic nitrogens is 1. The van der Waals surface area contributed by atoms with Gasteiger partial charge < -0.3 is 10.1 Å². The molecule has 1 N–H and O–H groups in total. The quantitative estimate of drug-likeness (QED) is 0.935. The Morgan fingerprint density at radius 1 is 1.26 bits per heavy atom. The average Bonchev–Trinajstić information content (AvgIpc) is 2.42. The molecule has 1 aromatic heterocycles. The summed E-state index contributed by atoms with van der Waals surface area (Å²) in [5, 5.41) is 2.81. The van der Waals surface area contributed by atoms with Crippen molar-refractivity contribution >= 4 is 24.0 Å². The lowest BCUT2D eigenvalue weighted by atomic mass is 10.2. The molecule has 0 bridgehead atoms. The van der Waals surface area contributed by atoms with Crippen LogP contribution in [-0.2, 0) is 0 Å². The van der Waals surface area contributed by atoms with Gasteiger partial charge in [0.1, 0.15) is 5.75 Å². The number of nitrogens with zero attached hydrogens (tertiary/aromatic N) is 1. The van der Waals surface area contributed by atoms with Crippen molar-refractivity contribution in [2.45, 2.75) is 6.92 Å². The number of rotatable bonds is 4. The second-order valence-electron chi connectivity index (χ2n) is 3.62.